The molecule has 0 amide bonds. The number of halogens is 1. The molecule has 2 rings (SSSR count). The van der Waals surface area contributed by atoms with E-state index >= 15 is 0 Å². The average Bonchev–Trinajstić information content (AvgIpc) is 2.29. The summed E-state index contributed by atoms with van der Waals surface area (Å²) in [5, 5.41) is 3.29. The highest BCUT2D eigenvalue weighted by atomic mass is 19.1. The average molecular weight is 219 g/mol. The maximum Gasteiger partial charge on any atom is 0.127 e. The molecule has 1 aliphatic carbocycles. The molecule has 86 valence electrons. The zero-order valence-corrected chi connectivity index (χ0v) is 10.1. The minimum Gasteiger partial charge on any atom is -0.311 e. The van der Waals surface area contributed by atoms with Gasteiger partial charge in [0.25, 0.3) is 0 Å². The molecule has 0 radical (unpaired) electrons. The Labute approximate surface area is 96.4 Å². The van der Waals surface area contributed by atoms with Crippen LogP contribution in [0, 0.1) is 5.82 Å². The summed E-state index contributed by atoms with van der Waals surface area (Å²) in [7, 11) is 1.96. The van der Waals surface area contributed by atoms with Crippen molar-refractivity contribution in [2.75, 3.05) is 7.05 Å². The van der Waals surface area contributed by atoms with E-state index in [2.05, 4.69) is 25.2 Å². The Kier molecular flexibility index (Phi) is 2.85. The van der Waals surface area contributed by atoms with Gasteiger partial charge in [-0.15, -0.1) is 0 Å². The Morgan fingerprint density at radius 3 is 2.69 bits per heavy atom. The Bertz CT molecular complexity index is 432. The van der Waals surface area contributed by atoms with Gasteiger partial charge in [-0.1, -0.05) is 18.2 Å². The molecule has 0 aromatic heterocycles. The van der Waals surface area contributed by atoms with Crippen LogP contribution in [0.25, 0.3) is 6.08 Å². The SMILES string of the molecule is CNC(C)(C)C1=Cc2cccc(F)c2CC1. The van der Waals surface area contributed by atoms with Gasteiger partial charge in [-0.3, -0.25) is 0 Å². The van der Waals surface area contributed by atoms with E-state index in [-0.39, 0.29) is 11.4 Å². The van der Waals surface area contributed by atoms with E-state index < -0.39 is 0 Å². The predicted octanol–water partition coefficient (Wildman–Crippen LogP) is 3.15. The van der Waals surface area contributed by atoms with Crippen molar-refractivity contribution in [1.82, 2.24) is 5.32 Å². The highest BCUT2D eigenvalue weighted by molar-refractivity contribution is 5.61. The number of rotatable bonds is 2. The van der Waals surface area contributed by atoms with Gasteiger partial charge < -0.3 is 5.32 Å². The van der Waals surface area contributed by atoms with E-state index in [9.17, 15) is 4.39 Å². The molecule has 1 aliphatic rings. The van der Waals surface area contributed by atoms with Crippen molar-refractivity contribution in [3.63, 3.8) is 0 Å². The van der Waals surface area contributed by atoms with Gasteiger partial charge in [-0.05, 0) is 56.5 Å². The van der Waals surface area contributed by atoms with Crippen molar-refractivity contribution in [1.29, 1.82) is 0 Å². The van der Waals surface area contributed by atoms with Crippen LogP contribution in [0.15, 0.2) is 23.8 Å². The monoisotopic (exact) mass is 219 g/mol. The summed E-state index contributed by atoms with van der Waals surface area (Å²) >= 11 is 0. The van der Waals surface area contributed by atoms with Crippen LogP contribution in [0.1, 0.15) is 31.4 Å². The smallest absolute Gasteiger partial charge is 0.127 e. The van der Waals surface area contributed by atoms with Crippen LogP contribution in [0.5, 0.6) is 0 Å². The lowest BCUT2D eigenvalue weighted by Gasteiger charge is -2.30. The number of fused-ring (bicyclic) bond motifs is 1. The highest BCUT2D eigenvalue weighted by Gasteiger charge is 2.24. The second-order valence-electron chi connectivity index (χ2n) is 4.85. The van der Waals surface area contributed by atoms with Crippen LogP contribution in [-0.2, 0) is 6.42 Å². The molecule has 1 N–H and O–H groups in total. The third kappa shape index (κ3) is 1.90. The van der Waals surface area contributed by atoms with E-state index in [1.165, 1.54) is 5.57 Å². The standard InChI is InChI=1S/C14H18FN/c1-14(2,16-3)11-7-8-12-10(9-11)5-4-6-13(12)15/h4-6,9,16H,7-8H2,1-3H3. The lowest BCUT2D eigenvalue weighted by molar-refractivity contribution is 0.479. The van der Waals surface area contributed by atoms with Crippen molar-refractivity contribution in [3.8, 4) is 0 Å². The molecule has 0 atom stereocenters. The number of benzene rings is 1. The van der Waals surface area contributed by atoms with E-state index in [4.69, 9.17) is 0 Å². The fourth-order valence-corrected chi connectivity index (χ4v) is 2.15. The first kappa shape index (κ1) is 11.3. The van der Waals surface area contributed by atoms with Gasteiger partial charge in [0.2, 0.25) is 0 Å². The summed E-state index contributed by atoms with van der Waals surface area (Å²) in [6.07, 6.45) is 3.86. The summed E-state index contributed by atoms with van der Waals surface area (Å²) < 4.78 is 13.5. The fourth-order valence-electron chi connectivity index (χ4n) is 2.15. The Hall–Kier alpha value is -1.15. The summed E-state index contributed by atoms with van der Waals surface area (Å²) in [6.45, 7) is 4.31. The number of likely N-dealkylation sites (N-methyl/N-ethyl adjacent to an activating group) is 1. The second kappa shape index (κ2) is 4.02. The van der Waals surface area contributed by atoms with E-state index in [1.807, 2.05) is 13.1 Å². The lowest BCUT2D eigenvalue weighted by Crippen LogP contribution is -2.38. The van der Waals surface area contributed by atoms with Crippen LogP contribution < -0.4 is 5.32 Å². The molecular weight excluding hydrogens is 201 g/mol. The first-order valence-corrected chi connectivity index (χ1v) is 5.72. The predicted molar refractivity (Wildman–Crippen MR) is 65.8 cm³/mol. The number of nitrogens with one attached hydrogen (secondary N) is 1. The molecule has 1 aromatic rings. The molecule has 1 aromatic carbocycles. The molecular formula is C14H18FN. The van der Waals surface area contributed by atoms with Gasteiger partial charge >= 0.3 is 0 Å². The Balaban J connectivity index is 2.43. The maximum absolute atomic E-state index is 13.5. The molecule has 0 aliphatic heterocycles. The van der Waals surface area contributed by atoms with Gasteiger partial charge in [0.15, 0.2) is 0 Å². The van der Waals surface area contributed by atoms with Crippen molar-refractivity contribution in [3.05, 3.63) is 40.7 Å². The topological polar surface area (TPSA) is 12.0 Å². The largest absolute Gasteiger partial charge is 0.311 e. The quantitative estimate of drug-likeness (QED) is 0.805. The van der Waals surface area contributed by atoms with Crippen LogP contribution in [-0.4, -0.2) is 12.6 Å². The summed E-state index contributed by atoms with van der Waals surface area (Å²) in [5.41, 5.74) is 3.22. The lowest BCUT2D eigenvalue weighted by atomic mass is 9.83. The van der Waals surface area contributed by atoms with Crippen molar-refractivity contribution in [2.45, 2.75) is 32.2 Å². The summed E-state index contributed by atoms with van der Waals surface area (Å²) in [5.74, 6) is -0.0740. The molecule has 0 spiro atoms. The number of hydrogen-bond acceptors (Lipinski definition) is 1. The van der Waals surface area contributed by atoms with Gasteiger partial charge in [-0.25, -0.2) is 4.39 Å². The maximum atomic E-state index is 13.5. The van der Waals surface area contributed by atoms with Crippen molar-refractivity contribution < 1.29 is 4.39 Å². The van der Waals surface area contributed by atoms with Gasteiger partial charge in [0, 0.05) is 5.54 Å². The zero-order valence-electron chi connectivity index (χ0n) is 10.1. The van der Waals surface area contributed by atoms with Gasteiger partial charge in [-0.2, -0.15) is 0 Å². The summed E-state index contributed by atoms with van der Waals surface area (Å²) in [4.78, 5) is 0. The molecule has 0 unspecified atom stereocenters. The van der Waals surface area contributed by atoms with Crippen LogP contribution in [0.3, 0.4) is 0 Å². The van der Waals surface area contributed by atoms with Crippen LogP contribution in [0.4, 0.5) is 4.39 Å². The van der Waals surface area contributed by atoms with Crippen molar-refractivity contribution >= 4 is 6.08 Å². The minimum absolute atomic E-state index is 0.00991. The first-order chi connectivity index (χ1) is 7.54. The molecule has 16 heavy (non-hydrogen) atoms. The number of hydrogen-bond donors (Lipinski definition) is 1. The summed E-state index contributed by atoms with van der Waals surface area (Å²) in [6, 6.07) is 5.31. The Morgan fingerprint density at radius 2 is 2.00 bits per heavy atom. The highest BCUT2D eigenvalue weighted by Crippen LogP contribution is 2.31. The van der Waals surface area contributed by atoms with Crippen LogP contribution in [0.2, 0.25) is 0 Å². The molecule has 0 saturated heterocycles. The third-order valence-corrected chi connectivity index (χ3v) is 3.56. The zero-order chi connectivity index (χ0) is 11.8. The van der Waals surface area contributed by atoms with Crippen molar-refractivity contribution in [2.24, 2.45) is 0 Å². The molecule has 1 nitrogen and oxygen atoms in total. The Morgan fingerprint density at radius 1 is 1.25 bits per heavy atom. The van der Waals surface area contributed by atoms with E-state index in [0.717, 1.165) is 24.0 Å². The molecule has 2 heteroatoms. The molecule has 0 saturated carbocycles. The van der Waals surface area contributed by atoms with Gasteiger partial charge in [0.1, 0.15) is 5.82 Å². The fraction of sp³-hybridized carbons (Fsp3) is 0.429. The van der Waals surface area contributed by atoms with Gasteiger partial charge in [0.05, 0.1) is 0 Å². The first-order valence-electron chi connectivity index (χ1n) is 5.72. The normalized spacial score (nSPS) is 15.6. The minimum atomic E-state index is -0.0740. The molecule has 0 fully saturated rings. The van der Waals surface area contributed by atoms with Crippen LogP contribution >= 0.6 is 0 Å². The van der Waals surface area contributed by atoms with E-state index in [0.29, 0.717) is 0 Å². The molecule has 0 bridgehead atoms. The second-order valence-corrected chi connectivity index (χ2v) is 4.85. The third-order valence-electron chi connectivity index (χ3n) is 3.56. The van der Waals surface area contributed by atoms with E-state index in [1.54, 1.807) is 12.1 Å². The molecule has 0 heterocycles.